The Morgan fingerprint density at radius 2 is 2.00 bits per heavy atom. The average Bonchev–Trinajstić information content (AvgIpc) is 3.68. The number of Topliss-reactive ketones (excluding diaryl/α,β-unsaturated/α-hetero) is 1. The second kappa shape index (κ2) is 9.83. The summed E-state index contributed by atoms with van der Waals surface area (Å²) in [5.74, 6) is 1.39. The first-order chi connectivity index (χ1) is 20.7. The fourth-order valence-corrected chi connectivity index (χ4v) is 11.5. The van der Waals surface area contributed by atoms with E-state index in [1.54, 1.807) is 17.5 Å². The van der Waals surface area contributed by atoms with Gasteiger partial charge in [0.1, 0.15) is 5.60 Å². The highest BCUT2D eigenvalue weighted by atomic mass is 32.2. The van der Waals surface area contributed by atoms with Crippen LogP contribution >= 0.6 is 23.1 Å². The molecular weight excluding hydrogens is 577 g/mol. The van der Waals surface area contributed by atoms with E-state index in [0.717, 1.165) is 51.8 Å². The van der Waals surface area contributed by atoms with Crippen molar-refractivity contribution in [2.45, 2.75) is 68.4 Å². The molecule has 3 saturated carbocycles. The molecule has 43 heavy (non-hydrogen) atoms. The van der Waals surface area contributed by atoms with Crippen LogP contribution in [-0.4, -0.2) is 53.2 Å². The van der Waals surface area contributed by atoms with Crippen LogP contribution < -0.4 is 0 Å². The Bertz CT molecular complexity index is 1730. The molecular formula is C34H36N4O3S2. The van der Waals surface area contributed by atoms with E-state index in [0.29, 0.717) is 12.8 Å². The molecule has 1 aromatic carbocycles. The lowest BCUT2D eigenvalue weighted by Gasteiger charge is -2.60. The van der Waals surface area contributed by atoms with Crippen molar-refractivity contribution < 1.29 is 15.0 Å². The van der Waals surface area contributed by atoms with Gasteiger partial charge in [0.25, 0.3) is 0 Å². The van der Waals surface area contributed by atoms with Crippen molar-refractivity contribution in [3.8, 4) is 5.82 Å². The van der Waals surface area contributed by atoms with Crippen LogP contribution in [0, 0.1) is 28.6 Å². The number of allylic oxidation sites excluding steroid dienone is 1. The Hall–Kier alpha value is -2.85. The van der Waals surface area contributed by atoms with Crippen molar-refractivity contribution in [1.82, 2.24) is 19.7 Å². The van der Waals surface area contributed by atoms with Gasteiger partial charge in [-0.1, -0.05) is 49.4 Å². The molecule has 2 N–H and O–H groups in total. The molecule has 3 heterocycles. The number of thioether (sulfide) groups is 1. The Morgan fingerprint density at radius 3 is 2.81 bits per heavy atom. The van der Waals surface area contributed by atoms with Crippen LogP contribution in [0.3, 0.4) is 0 Å². The first-order valence-corrected chi connectivity index (χ1v) is 17.1. The van der Waals surface area contributed by atoms with Crippen LogP contribution in [0.1, 0.15) is 57.2 Å². The summed E-state index contributed by atoms with van der Waals surface area (Å²) in [4.78, 5) is 23.0. The van der Waals surface area contributed by atoms with Gasteiger partial charge in [-0.15, -0.1) is 11.3 Å². The average molecular weight is 613 g/mol. The molecule has 0 saturated heterocycles. The highest BCUT2D eigenvalue weighted by Crippen LogP contribution is 2.67. The standard InChI is InChI=1S/C34H36N4O3S2/c1-32-16-20-18-36-38(29-9-5-6-14-35-29)25(20)15-21(32)10-11-22-23-12-13-34(41,33(23,2)17-26(39)30(22)32)28(40)19-42-31-37-24-7-3-4-8-27(24)43-31/h3-9,14-15,18,22-23,26,30,39,41H,10-13,16-17,19H2,1-2H3/t22?,23?,26?,30?,32?,33?,34-/m0/s1. The van der Waals surface area contributed by atoms with Gasteiger partial charge in [-0.2, -0.15) is 5.10 Å². The summed E-state index contributed by atoms with van der Waals surface area (Å²) in [7, 11) is 0. The molecule has 6 unspecified atom stereocenters. The van der Waals surface area contributed by atoms with Crippen molar-refractivity contribution in [1.29, 1.82) is 0 Å². The maximum atomic E-state index is 13.8. The molecule has 3 aromatic heterocycles. The molecule has 7 atom stereocenters. The summed E-state index contributed by atoms with van der Waals surface area (Å²) < 4.78 is 3.88. The van der Waals surface area contributed by atoms with E-state index >= 15 is 0 Å². The summed E-state index contributed by atoms with van der Waals surface area (Å²) in [5, 5.41) is 28.8. The number of aliphatic hydroxyl groups excluding tert-OH is 1. The Kier molecular flexibility index (Phi) is 6.33. The van der Waals surface area contributed by atoms with Crippen molar-refractivity contribution >= 4 is 45.2 Å². The van der Waals surface area contributed by atoms with Gasteiger partial charge in [0, 0.05) is 11.6 Å². The number of carbonyl (C=O) groups is 1. The quantitative estimate of drug-likeness (QED) is 0.262. The van der Waals surface area contributed by atoms with Gasteiger partial charge < -0.3 is 10.2 Å². The number of benzene rings is 1. The third-order valence-electron chi connectivity index (χ3n) is 11.5. The number of aromatic nitrogens is 4. The molecule has 4 aliphatic rings. The minimum atomic E-state index is -1.44. The highest BCUT2D eigenvalue weighted by Gasteiger charge is 2.68. The molecule has 0 aliphatic heterocycles. The minimum Gasteiger partial charge on any atom is -0.393 e. The summed E-state index contributed by atoms with van der Waals surface area (Å²) in [5.41, 5.74) is 2.30. The first kappa shape index (κ1) is 27.7. The Labute approximate surface area is 259 Å². The van der Waals surface area contributed by atoms with E-state index in [4.69, 9.17) is 5.10 Å². The van der Waals surface area contributed by atoms with E-state index in [1.807, 2.05) is 53.3 Å². The number of aliphatic hydroxyl groups is 2. The fraction of sp³-hybridized carbons (Fsp3) is 0.471. The van der Waals surface area contributed by atoms with Gasteiger partial charge >= 0.3 is 0 Å². The zero-order valence-electron chi connectivity index (χ0n) is 24.4. The zero-order chi connectivity index (χ0) is 29.6. The number of pyridine rings is 1. The summed E-state index contributed by atoms with van der Waals surface area (Å²) in [6, 6.07) is 13.9. The smallest absolute Gasteiger partial charge is 0.175 e. The molecule has 0 radical (unpaired) electrons. The zero-order valence-corrected chi connectivity index (χ0v) is 26.1. The molecule has 9 heteroatoms. The molecule has 4 aliphatic carbocycles. The van der Waals surface area contributed by atoms with Crippen LogP contribution in [0.25, 0.3) is 22.1 Å². The van der Waals surface area contributed by atoms with Crippen molar-refractivity contribution in [2.24, 2.45) is 28.6 Å². The van der Waals surface area contributed by atoms with Crippen molar-refractivity contribution in [2.75, 3.05) is 5.75 Å². The Morgan fingerprint density at radius 1 is 1.16 bits per heavy atom. The topological polar surface area (TPSA) is 101 Å². The molecule has 8 rings (SSSR count). The SMILES string of the molecule is CC12Cc3cnn(-c4ccccn4)c3C=C1CCC1C2C(O)CC2(C)C1CC[C@]2(O)C(=O)CSc1nc2ccccc2s1. The fourth-order valence-electron chi connectivity index (χ4n) is 9.47. The maximum Gasteiger partial charge on any atom is 0.175 e. The maximum absolute atomic E-state index is 13.8. The molecule has 0 bridgehead atoms. The van der Waals surface area contributed by atoms with E-state index in [9.17, 15) is 15.0 Å². The van der Waals surface area contributed by atoms with Crippen molar-refractivity contribution in [3.63, 3.8) is 0 Å². The summed E-state index contributed by atoms with van der Waals surface area (Å²) in [6.07, 6.45) is 9.90. The molecule has 0 amide bonds. The number of thiazole rings is 1. The highest BCUT2D eigenvalue weighted by molar-refractivity contribution is 8.01. The number of hydrogen-bond acceptors (Lipinski definition) is 8. The van der Waals surface area contributed by atoms with Gasteiger partial charge in [-0.05, 0) is 97.6 Å². The number of rotatable bonds is 5. The number of ketones is 1. The number of para-hydroxylation sites is 1. The summed E-state index contributed by atoms with van der Waals surface area (Å²) in [6.45, 7) is 4.40. The number of carbonyl (C=O) groups excluding carboxylic acids is 1. The number of fused-ring (bicyclic) bond motifs is 7. The summed E-state index contributed by atoms with van der Waals surface area (Å²) >= 11 is 3.01. The lowest BCUT2D eigenvalue weighted by molar-refractivity contribution is -0.177. The van der Waals surface area contributed by atoms with Gasteiger partial charge in [-0.25, -0.2) is 14.6 Å². The molecule has 3 fully saturated rings. The lowest BCUT2D eigenvalue weighted by atomic mass is 9.45. The van der Waals surface area contributed by atoms with Gasteiger partial charge in [0.2, 0.25) is 0 Å². The van der Waals surface area contributed by atoms with Crippen LogP contribution in [0.4, 0.5) is 0 Å². The predicted molar refractivity (Wildman–Crippen MR) is 169 cm³/mol. The van der Waals surface area contributed by atoms with Gasteiger partial charge in [0.05, 0.1) is 34.0 Å². The van der Waals surface area contributed by atoms with E-state index in [2.05, 4.69) is 29.9 Å². The second-order valence-electron chi connectivity index (χ2n) is 13.5. The van der Waals surface area contributed by atoms with Crippen LogP contribution in [0.2, 0.25) is 0 Å². The Balaban J connectivity index is 1.05. The van der Waals surface area contributed by atoms with Gasteiger partial charge in [0.15, 0.2) is 15.9 Å². The third-order valence-corrected chi connectivity index (χ3v) is 13.7. The normalized spacial score (nSPS) is 34.7. The van der Waals surface area contributed by atoms with E-state index < -0.39 is 17.1 Å². The minimum absolute atomic E-state index is 0.0755. The van der Waals surface area contributed by atoms with E-state index in [1.165, 1.54) is 22.9 Å². The van der Waals surface area contributed by atoms with Crippen LogP contribution in [0.15, 0.2) is 64.8 Å². The van der Waals surface area contributed by atoms with Crippen LogP contribution in [0.5, 0.6) is 0 Å². The van der Waals surface area contributed by atoms with Crippen molar-refractivity contribution in [3.05, 3.63) is 71.7 Å². The number of hydrogen-bond donors (Lipinski definition) is 2. The van der Waals surface area contributed by atoms with Gasteiger partial charge in [-0.3, -0.25) is 4.79 Å². The third kappa shape index (κ3) is 4.01. The number of nitrogens with zero attached hydrogens (tertiary/aromatic N) is 4. The predicted octanol–water partition coefficient (Wildman–Crippen LogP) is 6.12. The lowest BCUT2D eigenvalue weighted by Crippen LogP contribution is -2.62. The largest absolute Gasteiger partial charge is 0.393 e. The molecule has 222 valence electrons. The molecule has 4 aromatic rings. The second-order valence-corrected chi connectivity index (χ2v) is 15.8. The molecule has 7 nitrogen and oxygen atoms in total. The molecule has 0 spiro atoms. The van der Waals surface area contributed by atoms with Crippen LogP contribution in [-0.2, 0) is 11.2 Å². The first-order valence-electron chi connectivity index (χ1n) is 15.3. The van der Waals surface area contributed by atoms with E-state index in [-0.39, 0.29) is 34.7 Å². The monoisotopic (exact) mass is 612 g/mol.